The van der Waals surface area contributed by atoms with Gasteiger partial charge >= 0.3 is 0 Å². The van der Waals surface area contributed by atoms with Gasteiger partial charge in [-0.15, -0.1) is 6.58 Å². The molecule has 1 heterocycles. The van der Waals surface area contributed by atoms with Crippen LogP contribution in [-0.4, -0.2) is 68.8 Å². The predicted octanol–water partition coefficient (Wildman–Crippen LogP) is 1.17. The van der Waals surface area contributed by atoms with Crippen molar-refractivity contribution in [3.05, 3.63) is 42.5 Å². The predicted molar refractivity (Wildman–Crippen MR) is 112 cm³/mol. The lowest BCUT2D eigenvalue weighted by molar-refractivity contribution is -0.131. The fourth-order valence-corrected chi connectivity index (χ4v) is 2.99. The van der Waals surface area contributed by atoms with Crippen molar-refractivity contribution in [3.63, 3.8) is 0 Å². The molecule has 166 valence electrons. The number of aliphatic hydroxyl groups is 1. The SMILES string of the molecule is C=CC[C@]1(C(=O)NNCC(OC)OC)N=C(c2ccc(OCCCO)cc2)O[C@H]1C. The highest BCUT2D eigenvalue weighted by Crippen LogP contribution is 2.32. The lowest BCUT2D eigenvalue weighted by atomic mass is 9.90. The molecule has 1 aromatic carbocycles. The summed E-state index contributed by atoms with van der Waals surface area (Å²) in [5.74, 6) is 0.733. The van der Waals surface area contributed by atoms with E-state index in [4.69, 9.17) is 24.1 Å². The first-order valence-corrected chi connectivity index (χ1v) is 9.81. The minimum atomic E-state index is -1.14. The van der Waals surface area contributed by atoms with Crippen molar-refractivity contribution in [2.24, 2.45) is 4.99 Å². The molecule has 0 saturated heterocycles. The minimum absolute atomic E-state index is 0.0838. The highest BCUT2D eigenvalue weighted by Gasteiger charge is 2.49. The van der Waals surface area contributed by atoms with Crippen LogP contribution in [0.3, 0.4) is 0 Å². The zero-order chi connectivity index (χ0) is 22.0. The fourth-order valence-electron chi connectivity index (χ4n) is 2.99. The van der Waals surface area contributed by atoms with E-state index in [1.807, 2.05) is 12.1 Å². The number of aliphatic imine (C=N–C) groups is 1. The van der Waals surface area contributed by atoms with Gasteiger partial charge in [0.25, 0.3) is 5.91 Å². The van der Waals surface area contributed by atoms with Gasteiger partial charge in [0.1, 0.15) is 11.9 Å². The van der Waals surface area contributed by atoms with Gasteiger partial charge in [0.05, 0.1) is 13.2 Å². The molecule has 9 heteroatoms. The summed E-state index contributed by atoms with van der Waals surface area (Å²) in [5, 5.41) is 8.83. The molecule has 3 N–H and O–H groups in total. The van der Waals surface area contributed by atoms with Crippen LogP contribution in [0.25, 0.3) is 0 Å². The second kappa shape index (κ2) is 11.7. The van der Waals surface area contributed by atoms with Gasteiger partial charge in [-0.05, 0) is 31.2 Å². The smallest absolute Gasteiger partial charge is 0.266 e. The standard InChI is InChI=1S/C21H31N3O6/c1-5-11-21(20(26)24-22-14-18(27-3)28-4)15(2)30-19(23-21)16-7-9-17(10-8-16)29-13-6-12-25/h5,7-10,15,18,22,25H,1,6,11-14H2,2-4H3,(H,24,26)/t15-,21-/m0/s1. The van der Waals surface area contributed by atoms with Gasteiger partial charge < -0.3 is 24.1 Å². The van der Waals surface area contributed by atoms with Crippen LogP contribution < -0.4 is 15.6 Å². The quantitative estimate of drug-likeness (QED) is 0.190. The van der Waals surface area contributed by atoms with Gasteiger partial charge in [-0.1, -0.05) is 6.08 Å². The monoisotopic (exact) mass is 421 g/mol. The van der Waals surface area contributed by atoms with E-state index >= 15 is 0 Å². The number of nitrogens with one attached hydrogen (secondary N) is 2. The molecule has 2 atom stereocenters. The van der Waals surface area contributed by atoms with Crippen molar-refractivity contribution >= 4 is 11.8 Å². The maximum absolute atomic E-state index is 13.0. The molecule has 2 rings (SSSR count). The summed E-state index contributed by atoms with van der Waals surface area (Å²) >= 11 is 0. The van der Waals surface area contributed by atoms with Gasteiger partial charge in [-0.25, -0.2) is 10.4 Å². The van der Waals surface area contributed by atoms with Gasteiger partial charge in [0.15, 0.2) is 11.8 Å². The van der Waals surface area contributed by atoms with Crippen LogP contribution in [0.2, 0.25) is 0 Å². The van der Waals surface area contributed by atoms with Gasteiger partial charge in [0.2, 0.25) is 5.90 Å². The Morgan fingerprint density at radius 3 is 2.67 bits per heavy atom. The molecule has 1 aliphatic heterocycles. The Morgan fingerprint density at radius 2 is 2.07 bits per heavy atom. The molecule has 1 aliphatic rings. The van der Waals surface area contributed by atoms with Crippen molar-refractivity contribution in [1.29, 1.82) is 0 Å². The molecular formula is C21H31N3O6. The van der Waals surface area contributed by atoms with Gasteiger partial charge in [-0.2, -0.15) is 0 Å². The number of benzene rings is 1. The number of ether oxygens (including phenoxy) is 4. The summed E-state index contributed by atoms with van der Waals surface area (Å²) in [6.45, 7) is 6.36. The molecule has 0 fully saturated rings. The van der Waals surface area contributed by atoms with Crippen molar-refractivity contribution in [3.8, 4) is 5.75 Å². The minimum Gasteiger partial charge on any atom is -0.494 e. The lowest BCUT2D eigenvalue weighted by Crippen LogP contribution is -2.55. The number of carbonyl (C=O) groups is 1. The maximum Gasteiger partial charge on any atom is 0.266 e. The van der Waals surface area contributed by atoms with E-state index in [1.54, 1.807) is 25.1 Å². The molecule has 0 saturated carbocycles. The van der Waals surface area contributed by atoms with Crippen molar-refractivity contribution < 1.29 is 28.8 Å². The van der Waals surface area contributed by atoms with Crippen LogP contribution in [0.5, 0.6) is 5.75 Å². The molecule has 0 bridgehead atoms. The number of aliphatic hydroxyl groups excluding tert-OH is 1. The third-order valence-electron chi connectivity index (χ3n) is 4.78. The van der Waals surface area contributed by atoms with Crippen LogP contribution in [0.4, 0.5) is 0 Å². The average Bonchev–Trinajstić information content (AvgIpc) is 3.09. The number of methoxy groups -OCH3 is 2. The highest BCUT2D eigenvalue weighted by molar-refractivity contribution is 6.00. The summed E-state index contributed by atoms with van der Waals surface area (Å²) < 4.78 is 21.7. The summed E-state index contributed by atoms with van der Waals surface area (Å²) in [5.41, 5.74) is 5.07. The summed E-state index contributed by atoms with van der Waals surface area (Å²) in [7, 11) is 3.03. The number of nitrogens with zero attached hydrogens (tertiary/aromatic N) is 1. The Kier molecular flexibility index (Phi) is 9.25. The van der Waals surface area contributed by atoms with E-state index < -0.39 is 17.9 Å². The van der Waals surface area contributed by atoms with Crippen LogP contribution >= 0.6 is 0 Å². The Balaban J connectivity index is 2.12. The van der Waals surface area contributed by atoms with Crippen LogP contribution in [0, 0.1) is 0 Å². The zero-order valence-corrected chi connectivity index (χ0v) is 17.7. The topological polar surface area (TPSA) is 111 Å². The molecule has 0 radical (unpaired) electrons. The lowest BCUT2D eigenvalue weighted by Gasteiger charge is -2.27. The molecule has 0 aromatic heterocycles. The Bertz CT molecular complexity index is 720. The molecular weight excluding hydrogens is 390 g/mol. The van der Waals surface area contributed by atoms with E-state index in [1.165, 1.54) is 14.2 Å². The number of amides is 1. The third-order valence-corrected chi connectivity index (χ3v) is 4.78. The van der Waals surface area contributed by atoms with E-state index in [9.17, 15) is 4.79 Å². The van der Waals surface area contributed by atoms with E-state index in [-0.39, 0.29) is 19.1 Å². The Hall–Kier alpha value is -2.46. The Morgan fingerprint density at radius 1 is 1.37 bits per heavy atom. The summed E-state index contributed by atoms with van der Waals surface area (Å²) in [6, 6.07) is 7.24. The zero-order valence-electron chi connectivity index (χ0n) is 17.7. The van der Waals surface area contributed by atoms with Crippen LogP contribution in [0.1, 0.15) is 25.3 Å². The third kappa shape index (κ3) is 5.79. The molecule has 9 nitrogen and oxygen atoms in total. The fraction of sp³-hybridized carbons (Fsp3) is 0.524. The van der Waals surface area contributed by atoms with Crippen molar-refractivity contribution in [1.82, 2.24) is 10.9 Å². The average molecular weight is 421 g/mol. The summed E-state index contributed by atoms with van der Waals surface area (Å²) in [6.07, 6.45) is 1.55. The number of hydrogen-bond acceptors (Lipinski definition) is 8. The van der Waals surface area contributed by atoms with E-state index in [2.05, 4.69) is 22.4 Å². The molecule has 30 heavy (non-hydrogen) atoms. The first kappa shape index (κ1) is 23.8. The first-order valence-electron chi connectivity index (χ1n) is 9.81. The highest BCUT2D eigenvalue weighted by atomic mass is 16.7. The molecule has 1 amide bonds. The number of carbonyl (C=O) groups excluding carboxylic acids is 1. The van der Waals surface area contributed by atoms with E-state index in [0.29, 0.717) is 31.1 Å². The Labute approximate surface area is 177 Å². The number of hydrogen-bond donors (Lipinski definition) is 3. The van der Waals surface area contributed by atoms with Gasteiger partial charge in [0, 0.05) is 39.2 Å². The largest absolute Gasteiger partial charge is 0.494 e. The molecule has 1 aromatic rings. The van der Waals surface area contributed by atoms with Crippen molar-refractivity contribution in [2.45, 2.75) is 37.7 Å². The number of hydrazine groups is 1. The second-order valence-electron chi connectivity index (χ2n) is 6.78. The molecule has 0 aliphatic carbocycles. The second-order valence-corrected chi connectivity index (χ2v) is 6.78. The number of rotatable bonds is 13. The van der Waals surface area contributed by atoms with E-state index in [0.717, 1.165) is 5.56 Å². The maximum atomic E-state index is 13.0. The van der Waals surface area contributed by atoms with Gasteiger partial charge in [-0.3, -0.25) is 10.2 Å². The normalized spacial score (nSPS) is 20.6. The van der Waals surface area contributed by atoms with Crippen LogP contribution in [-0.2, 0) is 19.0 Å². The van der Waals surface area contributed by atoms with Crippen molar-refractivity contribution in [2.75, 3.05) is 34.0 Å². The molecule has 0 spiro atoms. The first-order chi connectivity index (χ1) is 14.5. The molecule has 0 unspecified atom stereocenters. The summed E-state index contributed by atoms with van der Waals surface area (Å²) in [4.78, 5) is 17.6. The van der Waals surface area contributed by atoms with Crippen LogP contribution in [0.15, 0.2) is 41.9 Å².